The lowest BCUT2D eigenvalue weighted by Crippen LogP contribution is -2.50. The fraction of sp³-hybridized carbons (Fsp3) is 0.923. The van der Waals surface area contributed by atoms with Crippen molar-refractivity contribution in [1.82, 2.24) is 15.1 Å². The topological polar surface area (TPSA) is 35.6 Å². The number of nitrogens with zero attached hydrogens (tertiary/aromatic N) is 2. The summed E-state index contributed by atoms with van der Waals surface area (Å²) >= 11 is 0. The number of urea groups is 1. The van der Waals surface area contributed by atoms with Gasteiger partial charge in [0.25, 0.3) is 0 Å². The van der Waals surface area contributed by atoms with E-state index in [-0.39, 0.29) is 6.03 Å². The van der Waals surface area contributed by atoms with Crippen LogP contribution < -0.4 is 5.32 Å². The zero-order chi connectivity index (χ0) is 12.9. The molecule has 0 spiro atoms. The first-order valence-corrected chi connectivity index (χ1v) is 6.60. The van der Waals surface area contributed by atoms with E-state index in [1.807, 2.05) is 4.90 Å². The van der Waals surface area contributed by atoms with E-state index >= 15 is 0 Å². The number of rotatable bonds is 3. The van der Waals surface area contributed by atoms with Gasteiger partial charge in [-0.1, -0.05) is 20.8 Å². The highest BCUT2D eigenvalue weighted by atomic mass is 16.2. The monoisotopic (exact) mass is 241 g/mol. The maximum absolute atomic E-state index is 11.8. The molecular formula is C13H27N3O. The summed E-state index contributed by atoms with van der Waals surface area (Å²) < 4.78 is 0. The van der Waals surface area contributed by atoms with Gasteiger partial charge in [0.2, 0.25) is 0 Å². The van der Waals surface area contributed by atoms with Crippen LogP contribution in [0.25, 0.3) is 0 Å². The van der Waals surface area contributed by atoms with Gasteiger partial charge in [-0.15, -0.1) is 0 Å². The van der Waals surface area contributed by atoms with Crippen molar-refractivity contribution in [3.63, 3.8) is 0 Å². The fourth-order valence-corrected chi connectivity index (χ4v) is 1.94. The van der Waals surface area contributed by atoms with Crippen molar-refractivity contribution >= 4 is 6.03 Å². The molecule has 0 aromatic heterocycles. The molecule has 1 fully saturated rings. The summed E-state index contributed by atoms with van der Waals surface area (Å²) in [6, 6.07) is 0.104. The molecule has 1 saturated heterocycles. The van der Waals surface area contributed by atoms with E-state index in [0.29, 0.717) is 5.41 Å². The average Bonchev–Trinajstić information content (AvgIpc) is 2.24. The number of carbonyl (C=O) groups is 1. The molecule has 0 radical (unpaired) electrons. The molecule has 0 aromatic rings. The number of nitrogens with one attached hydrogen (secondary N) is 1. The minimum Gasteiger partial charge on any atom is -0.338 e. The first kappa shape index (κ1) is 14.3. The van der Waals surface area contributed by atoms with Crippen molar-refractivity contribution in [3.8, 4) is 0 Å². The molecule has 0 aliphatic carbocycles. The van der Waals surface area contributed by atoms with Crippen LogP contribution in [0.3, 0.4) is 0 Å². The van der Waals surface area contributed by atoms with Crippen LogP contribution in [0.15, 0.2) is 0 Å². The highest BCUT2D eigenvalue weighted by Gasteiger charge is 2.18. The van der Waals surface area contributed by atoms with Crippen molar-refractivity contribution in [2.45, 2.75) is 33.6 Å². The zero-order valence-electron chi connectivity index (χ0n) is 11.8. The van der Waals surface area contributed by atoms with Gasteiger partial charge in [-0.2, -0.15) is 0 Å². The van der Waals surface area contributed by atoms with Gasteiger partial charge in [-0.05, 0) is 25.3 Å². The maximum atomic E-state index is 11.8. The Hall–Kier alpha value is -0.770. The smallest absolute Gasteiger partial charge is 0.317 e. The van der Waals surface area contributed by atoms with Crippen LogP contribution in [0.4, 0.5) is 4.79 Å². The lowest BCUT2D eigenvalue weighted by Gasteiger charge is -2.32. The Bertz CT molecular complexity index is 240. The van der Waals surface area contributed by atoms with Gasteiger partial charge >= 0.3 is 6.03 Å². The zero-order valence-corrected chi connectivity index (χ0v) is 11.8. The molecular weight excluding hydrogens is 214 g/mol. The maximum Gasteiger partial charge on any atom is 0.317 e. The molecule has 1 N–H and O–H groups in total. The van der Waals surface area contributed by atoms with Crippen molar-refractivity contribution in [2.75, 3.05) is 39.8 Å². The summed E-state index contributed by atoms with van der Waals surface area (Å²) in [5, 5.41) is 3.01. The largest absolute Gasteiger partial charge is 0.338 e. The molecule has 2 amide bonds. The second-order valence-electron chi connectivity index (χ2n) is 6.19. The summed E-state index contributed by atoms with van der Waals surface area (Å²) in [6.07, 6.45) is 2.21. The van der Waals surface area contributed by atoms with Crippen molar-refractivity contribution in [2.24, 2.45) is 5.41 Å². The van der Waals surface area contributed by atoms with Gasteiger partial charge in [0.15, 0.2) is 0 Å². The molecule has 0 unspecified atom stereocenters. The van der Waals surface area contributed by atoms with E-state index in [0.717, 1.165) is 45.6 Å². The highest BCUT2D eigenvalue weighted by Crippen LogP contribution is 2.19. The highest BCUT2D eigenvalue weighted by molar-refractivity contribution is 5.74. The Kier molecular flexibility index (Phi) is 5.25. The van der Waals surface area contributed by atoms with Crippen molar-refractivity contribution in [1.29, 1.82) is 0 Å². The molecule has 0 atom stereocenters. The number of piperazine rings is 1. The van der Waals surface area contributed by atoms with Crippen LogP contribution in [-0.2, 0) is 0 Å². The Labute approximate surface area is 105 Å². The number of hydrogen-bond acceptors (Lipinski definition) is 2. The van der Waals surface area contributed by atoms with Crippen molar-refractivity contribution in [3.05, 3.63) is 0 Å². The minimum atomic E-state index is 0.104. The van der Waals surface area contributed by atoms with E-state index < -0.39 is 0 Å². The summed E-state index contributed by atoms with van der Waals surface area (Å²) in [7, 11) is 2.10. The lowest BCUT2D eigenvalue weighted by molar-refractivity contribution is 0.154. The van der Waals surface area contributed by atoms with E-state index in [2.05, 4.69) is 38.0 Å². The standard InChI is InChI=1S/C13H27N3O/c1-13(2,3)6-5-7-14-12(17)16-10-8-15(4)9-11-16/h5-11H2,1-4H3,(H,14,17). The first-order valence-electron chi connectivity index (χ1n) is 6.60. The second kappa shape index (κ2) is 6.24. The molecule has 0 aromatic carbocycles. The predicted octanol–water partition coefficient (Wildman–Crippen LogP) is 1.77. The van der Waals surface area contributed by atoms with Gasteiger partial charge in [0.05, 0.1) is 0 Å². The van der Waals surface area contributed by atoms with Crippen LogP contribution in [0.2, 0.25) is 0 Å². The van der Waals surface area contributed by atoms with Gasteiger partial charge in [0, 0.05) is 32.7 Å². The van der Waals surface area contributed by atoms with Crippen LogP contribution >= 0.6 is 0 Å². The Balaban J connectivity index is 2.13. The molecule has 4 heteroatoms. The third kappa shape index (κ3) is 5.91. The SMILES string of the molecule is CN1CCN(C(=O)NCCCC(C)(C)C)CC1. The number of hydrogen-bond donors (Lipinski definition) is 1. The molecule has 0 bridgehead atoms. The van der Waals surface area contributed by atoms with E-state index in [1.54, 1.807) is 0 Å². The molecule has 100 valence electrons. The fourth-order valence-electron chi connectivity index (χ4n) is 1.94. The van der Waals surface area contributed by atoms with Crippen LogP contribution in [0, 0.1) is 5.41 Å². The molecule has 1 heterocycles. The normalized spacial score (nSPS) is 18.2. The third-order valence-electron chi connectivity index (χ3n) is 3.17. The average molecular weight is 241 g/mol. The van der Waals surface area contributed by atoms with Gasteiger partial charge < -0.3 is 15.1 Å². The molecule has 4 nitrogen and oxygen atoms in total. The summed E-state index contributed by atoms with van der Waals surface area (Å²) in [6.45, 7) is 11.1. The van der Waals surface area contributed by atoms with Crippen molar-refractivity contribution < 1.29 is 4.79 Å². The Morgan fingerprint density at radius 1 is 1.18 bits per heavy atom. The predicted molar refractivity (Wildman–Crippen MR) is 71.2 cm³/mol. The summed E-state index contributed by atoms with van der Waals surface area (Å²) in [4.78, 5) is 16.0. The molecule has 1 rings (SSSR count). The summed E-state index contributed by atoms with van der Waals surface area (Å²) in [5.74, 6) is 0. The number of carbonyl (C=O) groups excluding carboxylic acids is 1. The van der Waals surface area contributed by atoms with Crippen LogP contribution in [0.5, 0.6) is 0 Å². The Morgan fingerprint density at radius 2 is 1.76 bits per heavy atom. The summed E-state index contributed by atoms with van der Waals surface area (Å²) in [5.41, 5.74) is 0.360. The van der Waals surface area contributed by atoms with Crippen LogP contribution in [0.1, 0.15) is 33.6 Å². The van der Waals surface area contributed by atoms with E-state index in [4.69, 9.17) is 0 Å². The number of likely N-dealkylation sites (N-methyl/N-ethyl adjacent to an activating group) is 1. The number of amides is 2. The molecule has 1 aliphatic rings. The minimum absolute atomic E-state index is 0.104. The molecule has 17 heavy (non-hydrogen) atoms. The lowest BCUT2D eigenvalue weighted by atomic mass is 9.91. The van der Waals surface area contributed by atoms with Gasteiger partial charge in [0.1, 0.15) is 0 Å². The van der Waals surface area contributed by atoms with Crippen LogP contribution in [-0.4, -0.2) is 55.6 Å². The third-order valence-corrected chi connectivity index (χ3v) is 3.17. The van der Waals surface area contributed by atoms with E-state index in [9.17, 15) is 4.79 Å². The van der Waals surface area contributed by atoms with Gasteiger partial charge in [-0.25, -0.2) is 4.79 Å². The second-order valence-corrected chi connectivity index (χ2v) is 6.19. The van der Waals surface area contributed by atoms with Gasteiger partial charge in [-0.3, -0.25) is 0 Å². The van der Waals surface area contributed by atoms with E-state index in [1.165, 1.54) is 0 Å². The quantitative estimate of drug-likeness (QED) is 0.764. The first-order chi connectivity index (χ1) is 7.88. The molecule has 1 aliphatic heterocycles. The Morgan fingerprint density at radius 3 is 2.29 bits per heavy atom. The molecule has 0 saturated carbocycles.